The number of nitrogens with one attached hydrogen (secondary N) is 1. The SMILES string of the molecule is Cl.Cl.NNC1CCCCc2ccccc21. The third-order valence-electron chi connectivity index (χ3n) is 2.82. The number of fused-ring (bicyclic) bond motifs is 1. The molecule has 0 amide bonds. The van der Waals surface area contributed by atoms with Gasteiger partial charge in [0.1, 0.15) is 0 Å². The molecular weight excluding hydrogens is 231 g/mol. The molecule has 0 saturated heterocycles. The van der Waals surface area contributed by atoms with Gasteiger partial charge in [-0.3, -0.25) is 11.3 Å². The summed E-state index contributed by atoms with van der Waals surface area (Å²) in [6.45, 7) is 0. The highest BCUT2D eigenvalue weighted by Gasteiger charge is 2.15. The van der Waals surface area contributed by atoms with E-state index in [-0.39, 0.29) is 24.8 Å². The van der Waals surface area contributed by atoms with Gasteiger partial charge in [0.05, 0.1) is 0 Å². The molecule has 1 aliphatic rings. The van der Waals surface area contributed by atoms with Crippen LogP contribution in [0, 0.1) is 0 Å². The Morgan fingerprint density at radius 3 is 2.60 bits per heavy atom. The van der Waals surface area contributed by atoms with E-state index in [4.69, 9.17) is 5.84 Å². The molecular formula is C11H18Cl2N2. The van der Waals surface area contributed by atoms with Gasteiger partial charge in [-0.1, -0.05) is 30.7 Å². The predicted molar refractivity (Wildman–Crippen MR) is 68.6 cm³/mol. The minimum atomic E-state index is 0. The van der Waals surface area contributed by atoms with Gasteiger partial charge in [-0.05, 0) is 30.4 Å². The van der Waals surface area contributed by atoms with Crippen LogP contribution in [0.1, 0.15) is 36.4 Å². The lowest BCUT2D eigenvalue weighted by Crippen LogP contribution is -2.28. The Morgan fingerprint density at radius 2 is 1.87 bits per heavy atom. The number of hydrogen-bond donors (Lipinski definition) is 2. The fraction of sp³-hybridized carbons (Fsp3) is 0.455. The minimum absolute atomic E-state index is 0. The second-order valence-corrected chi connectivity index (χ2v) is 3.66. The number of hydrazine groups is 1. The first-order valence-electron chi connectivity index (χ1n) is 4.96. The summed E-state index contributed by atoms with van der Waals surface area (Å²) in [6.07, 6.45) is 4.92. The molecule has 0 radical (unpaired) electrons. The molecule has 0 heterocycles. The number of halogens is 2. The summed E-state index contributed by atoms with van der Waals surface area (Å²) >= 11 is 0. The zero-order valence-electron chi connectivity index (χ0n) is 8.61. The van der Waals surface area contributed by atoms with E-state index < -0.39 is 0 Å². The first kappa shape index (κ1) is 14.7. The Kier molecular flexibility index (Phi) is 6.94. The third kappa shape index (κ3) is 3.35. The number of rotatable bonds is 1. The molecule has 1 aromatic rings. The van der Waals surface area contributed by atoms with Gasteiger partial charge in [-0.2, -0.15) is 0 Å². The summed E-state index contributed by atoms with van der Waals surface area (Å²) < 4.78 is 0. The van der Waals surface area contributed by atoms with E-state index in [0.717, 1.165) is 6.42 Å². The van der Waals surface area contributed by atoms with E-state index in [2.05, 4.69) is 29.7 Å². The molecule has 1 atom stereocenters. The lowest BCUT2D eigenvalue weighted by molar-refractivity contribution is 0.504. The van der Waals surface area contributed by atoms with Gasteiger partial charge >= 0.3 is 0 Å². The molecule has 1 aromatic carbocycles. The summed E-state index contributed by atoms with van der Waals surface area (Å²) in [5, 5.41) is 0. The molecule has 0 bridgehead atoms. The van der Waals surface area contributed by atoms with Crippen LogP contribution in [0.5, 0.6) is 0 Å². The summed E-state index contributed by atoms with van der Waals surface area (Å²) in [6, 6.07) is 8.96. The van der Waals surface area contributed by atoms with Crippen LogP contribution in [0.4, 0.5) is 0 Å². The second kappa shape index (κ2) is 7.07. The van der Waals surface area contributed by atoms with Crippen molar-refractivity contribution >= 4 is 24.8 Å². The topological polar surface area (TPSA) is 38.0 Å². The van der Waals surface area contributed by atoms with Crippen LogP contribution in [-0.2, 0) is 6.42 Å². The van der Waals surface area contributed by atoms with Crippen LogP contribution in [0.25, 0.3) is 0 Å². The molecule has 2 rings (SSSR count). The molecule has 0 spiro atoms. The summed E-state index contributed by atoms with van der Waals surface area (Å²) in [7, 11) is 0. The summed E-state index contributed by atoms with van der Waals surface area (Å²) in [4.78, 5) is 0. The molecule has 0 aromatic heterocycles. The molecule has 1 unspecified atom stereocenters. The standard InChI is InChI=1S/C11H16N2.2ClH/c12-13-11-8-4-2-6-9-5-1-3-7-10(9)11;;/h1,3,5,7,11,13H,2,4,6,8,12H2;2*1H. The molecule has 0 fully saturated rings. The zero-order valence-corrected chi connectivity index (χ0v) is 10.2. The Labute approximate surface area is 103 Å². The monoisotopic (exact) mass is 248 g/mol. The van der Waals surface area contributed by atoms with Gasteiger partial charge in [-0.25, -0.2) is 0 Å². The van der Waals surface area contributed by atoms with Crippen LogP contribution in [0.3, 0.4) is 0 Å². The van der Waals surface area contributed by atoms with E-state index in [9.17, 15) is 0 Å². The van der Waals surface area contributed by atoms with Crippen molar-refractivity contribution in [3.05, 3.63) is 35.4 Å². The average molecular weight is 249 g/mol. The largest absolute Gasteiger partial charge is 0.271 e. The van der Waals surface area contributed by atoms with Crippen molar-refractivity contribution in [2.24, 2.45) is 5.84 Å². The van der Waals surface area contributed by atoms with E-state index >= 15 is 0 Å². The Bertz CT molecular complexity index is 292. The molecule has 15 heavy (non-hydrogen) atoms. The molecule has 4 heteroatoms. The zero-order chi connectivity index (χ0) is 9.10. The molecule has 2 nitrogen and oxygen atoms in total. The first-order chi connectivity index (χ1) is 6.42. The summed E-state index contributed by atoms with van der Waals surface area (Å²) in [5.41, 5.74) is 5.75. The maximum Gasteiger partial charge on any atom is 0.0462 e. The number of aryl methyl sites for hydroxylation is 1. The van der Waals surface area contributed by atoms with Crippen LogP contribution >= 0.6 is 24.8 Å². The predicted octanol–water partition coefficient (Wildman–Crippen LogP) is 2.76. The van der Waals surface area contributed by atoms with E-state index in [1.165, 1.54) is 30.4 Å². The first-order valence-corrected chi connectivity index (χ1v) is 4.96. The van der Waals surface area contributed by atoms with Gasteiger partial charge in [0.2, 0.25) is 0 Å². The Balaban J connectivity index is 0.000000980. The fourth-order valence-corrected chi connectivity index (χ4v) is 2.09. The van der Waals surface area contributed by atoms with E-state index in [1.807, 2.05) is 0 Å². The maximum atomic E-state index is 5.54. The molecule has 86 valence electrons. The molecule has 0 aliphatic heterocycles. The molecule has 3 N–H and O–H groups in total. The summed E-state index contributed by atoms with van der Waals surface area (Å²) in [5.74, 6) is 5.54. The number of benzene rings is 1. The van der Waals surface area contributed by atoms with Crippen molar-refractivity contribution in [3.63, 3.8) is 0 Å². The van der Waals surface area contributed by atoms with Crippen molar-refractivity contribution in [2.45, 2.75) is 31.7 Å². The van der Waals surface area contributed by atoms with Crippen molar-refractivity contribution in [1.29, 1.82) is 0 Å². The average Bonchev–Trinajstić information content (AvgIpc) is 2.39. The second-order valence-electron chi connectivity index (χ2n) is 3.66. The normalized spacial score (nSPS) is 19.1. The quantitative estimate of drug-likeness (QED) is 0.456. The highest BCUT2D eigenvalue weighted by molar-refractivity contribution is 5.85. The minimum Gasteiger partial charge on any atom is -0.271 e. The van der Waals surface area contributed by atoms with Crippen LogP contribution in [0.2, 0.25) is 0 Å². The molecule has 0 saturated carbocycles. The van der Waals surface area contributed by atoms with Crippen LogP contribution in [0.15, 0.2) is 24.3 Å². The fourth-order valence-electron chi connectivity index (χ4n) is 2.09. The highest BCUT2D eigenvalue weighted by Crippen LogP contribution is 2.27. The van der Waals surface area contributed by atoms with Gasteiger partial charge in [0, 0.05) is 6.04 Å². The van der Waals surface area contributed by atoms with Crippen molar-refractivity contribution in [3.8, 4) is 0 Å². The highest BCUT2D eigenvalue weighted by atomic mass is 35.5. The number of hydrogen-bond acceptors (Lipinski definition) is 2. The van der Waals surface area contributed by atoms with Gasteiger partial charge in [-0.15, -0.1) is 24.8 Å². The van der Waals surface area contributed by atoms with E-state index in [0.29, 0.717) is 6.04 Å². The van der Waals surface area contributed by atoms with Gasteiger partial charge in [0.15, 0.2) is 0 Å². The Hall–Kier alpha value is -0.280. The molecule has 1 aliphatic carbocycles. The van der Waals surface area contributed by atoms with E-state index in [1.54, 1.807) is 0 Å². The van der Waals surface area contributed by atoms with Gasteiger partial charge in [0.25, 0.3) is 0 Å². The van der Waals surface area contributed by atoms with Crippen LogP contribution in [-0.4, -0.2) is 0 Å². The van der Waals surface area contributed by atoms with Gasteiger partial charge < -0.3 is 0 Å². The lowest BCUT2D eigenvalue weighted by atomic mass is 10.00. The lowest BCUT2D eigenvalue weighted by Gasteiger charge is -2.15. The maximum absolute atomic E-state index is 5.54. The smallest absolute Gasteiger partial charge is 0.0462 e. The van der Waals surface area contributed by atoms with Crippen LogP contribution < -0.4 is 11.3 Å². The third-order valence-corrected chi connectivity index (χ3v) is 2.82. The number of nitrogens with two attached hydrogens (primary N) is 1. The van der Waals surface area contributed by atoms with Crippen molar-refractivity contribution < 1.29 is 0 Å². The van der Waals surface area contributed by atoms with Crippen molar-refractivity contribution in [2.75, 3.05) is 0 Å². The Morgan fingerprint density at radius 1 is 1.13 bits per heavy atom. The van der Waals surface area contributed by atoms with Crippen molar-refractivity contribution in [1.82, 2.24) is 5.43 Å².